The average molecular weight is 394 g/mol. The van der Waals surface area contributed by atoms with Crippen LogP contribution in [-0.4, -0.2) is 37.0 Å². The van der Waals surface area contributed by atoms with Gasteiger partial charge in [-0.05, 0) is 60.2 Å². The third kappa shape index (κ3) is 3.12. The maximum Gasteiger partial charge on any atom is 0.337 e. The highest BCUT2D eigenvalue weighted by molar-refractivity contribution is 6.07. The lowest BCUT2D eigenvalue weighted by molar-refractivity contribution is -0.132. The van der Waals surface area contributed by atoms with Crippen LogP contribution >= 0.6 is 0 Å². The number of fused-ring (bicyclic) bond motifs is 2. The molecule has 7 heteroatoms. The molecule has 150 valence electrons. The molecule has 1 heterocycles. The first-order valence-electron chi connectivity index (χ1n) is 9.47. The Morgan fingerprint density at radius 1 is 1.14 bits per heavy atom. The summed E-state index contributed by atoms with van der Waals surface area (Å²) >= 11 is 0. The molecule has 0 aromatic heterocycles. The molecular formula is C22H22N2O5. The van der Waals surface area contributed by atoms with Crippen molar-refractivity contribution < 1.29 is 23.9 Å². The van der Waals surface area contributed by atoms with Crippen molar-refractivity contribution in [2.24, 2.45) is 0 Å². The zero-order valence-corrected chi connectivity index (χ0v) is 16.4. The quantitative estimate of drug-likeness (QED) is 0.637. The predicted molar refractivity (Wildman–Crippen MR) is 104 cm³/mol. The Bertz CT molecular complexity index is 985. The van der Waals surface area contributed by atoms with E-state index in [1.54, 1.807) is 31.4 Å². The monoisotopic (exact) mass is 394 g/mol. The van der Waals surface area contributed by atoms with E-state index < -0.39 is 17.5 Å². The second-order valence-electron chi connectivity index (χ2n) is 7.29. The van der Waals surface area contributed by atoms with E-state index in [0.717, 1.165) is 35.3 Å². The summed E-state index contributed by atoms with van der Waals surface area (Å²) in [5, 5.41) is 2.94. The van der Waals surface area contributed by atoms with Gasteiger partial charge in [-0.3, -0.25) is 9.69 Å². The number of nitrogens with zero attached hydrogens (tertiary/aromatic N) is 1. The molecule has 1 aliphatic heterocycles. The molecule has 0 radical (unpaired) electrons. The fourth-order valence-corrected chi connectivity index (χ4v) is 4.17. The van der Waals surface area contributed by atoms with Crippen molar-refractivity contribution in [2.45, 2.75) is 31.3 Å². The number of rotatable bonds is 4. The molecule has 0 saturated carbocycles. The zero-order chi connectivity index (χ0) is 20.6. The van der Waals surface area contributed by atoms with Crippen LogP contribution in [0.25, 0.3) is 0 Å². The van der Waals surface area contributed by atoms with Crippen LogP contribution in [0, 0.1) is 0 Å². The largest absolute Gasteiger partial charge is 0.497 e. The summed E-state index contributed by atoms with van der Waals surface area (Å²) in [4.78, 5) is 38.9. The molecular weight excluding hydrogens is 372 g/mol. The van der Waals surface area contributed by atoms with Gasteiger partial charge in [-0.25, -0.2) is 9.59 Å². The lowest BCUT2D eigenvalue weighted by Crippen LogP contribution is -2.46. The summed E-state index contributed by atoms with van der Waals surface area (Å²) < 4.78 is 9.99. The molecule has 7 nitrogen and oxygen atoms in total. The maximum absolute atomic E-state index is 13.4. The first-order chi connectivity index (χ1) is 14.0. The highest BCUT2D eigenvalue weighted by Gasteiger charge is 2.53. The Morgan fingerprint density at radius 2 is 1.90 bits per heavy atom. The van der Waals surface area contributed by atoms with Crippen molar-refractivity contribution in [1.29, 1.82) is 0 Å². The molecule has 1 spiro atoms. The summed E-state index contributed by atoms with van der Waals surface area (Å²) in [6, 6.07) is 11.9. The Kier molecular flexibility index (Phi) is 4.74. The number of benzene rings is 2. The van der Waals surface area contributed by atoms with Gasteiger partial charge in [-0.1, -0.05) is 18.2 Å². The minimum absolute atomic E-state index is 0.138. The number of aryl methyl sites for hydroxylation is 1. The number of amides is 3. The molecule has 0 bridgehead atoms. The predicted octanol–water partition coefficient (Wildman–Crippen LogP) is 2.77. The molecule has 3 amide bonds. The summed E-state index contributed by atoms with van der Waals surface area (Å²) in [6.07, 6.45) is 2.20. The third-order valence-corrected chi connectivity index (χ3v) is 5.66. The van der Waals surface area contributed by atoms with E-state index in [0.29, 0.717) is 12.0 Å². The van der Waals surface area contributed by atoms with E-state index in [4.69, 9.17) is 9.47 Å². The number of nitrogens with one attached hydrogen (secondary N) is 1. The van der Waals surface area contributed by atoms with Crippen LogP contribution in [0.15, 0.2) is 42.5 Å². The second-order valence-corrected chi connectivity index (χ2v) is 7.29. The molecule has 2 aliphatic rings. The van der Waals surface area contributed by atoms with Crippen LogP contribution in [0.2, 0.25) is 0 Å². The average Bonchev–Trinajstić information content (AvgIpc) is 2.98. The van der Waals surface area contributed by atoms with Crippen molar-refractivity contribution in [2.75, 3.05) is 14.2 Å². The molecule has 1 fully saturated rings. The van der Waals surface area contributed by atoms with Crippen LogP contribution in [-0.2, 0) is 28.0 Å². The van der Waals surface area contributed by atoms with Crippen molar-refractivity contribution in [3.05, 3.63) is 64.7 Å². The summed E-state index contributed by atoms with van der Waals surface area (Å²) in [5.74, 6) is 0.0607. The number of carbonyl (C=O) groups is 3. The van der Waals surface area contributed by atoms with Gasteiger partial charge in [-0.15, -0.1) is 0 Å². The van der Waals surface area contributed by atoms with Gasteiger partial charge in [-0.2, -0.15) is 0 Å². The zero-order valence-electron chi connectivity index (χ0n) is 16.4. The highest BCUT2D eigenvalue weighted by Crippen LogP contribution is 2.41. The van der Waals surface area contributed by atoms with E-state index in [-0.39, 0.29) is 12.5 Å². The molecule has 1 aliphatic carbocycles. The Balaban J connectivity index is 1.61. The minimum Gasteiger partial charge on any atom is -0.497 e. The minimum atomic E-state index is -1.02. The number of urea groups is 1. The second kappa shape index (κ2) is 7.24. The Hall–Kier alpha value is -3.35. The maximum atomic E-state index is 13.4. The van der Waals surface area contributed by atoms with Gasteiger partial charge in [0, 0.05) is 0 Å². The lowest BCUT2D eigenvalue weighted by atomic mass is 9.76. The first-order valence-corrected chi connectivity index (χ1v) is 9.47. The van der Waals surface area contributed by atoms with E-state index in [1.165, 1.54) is 12.0 Å². The fraction of sp³-hybridized carbons (Fsp3) is 0.318. The van der Waals surface area contributed by atoms with Gasteiger partial charge in [0.05, 0.1) is 26.3 Å². The molecule has 1 saturated heterocycles. The first kappa shape index (κ1) is 19.0. The van der Waals surface area contributed by atoms with Gasteiger partial charge in [0.15, 0.2) is 0 Å². The molecule has 2 aromatic carbocycles. The Labute approximate surface area is 168 Å². The summed E-state index contributed by atoms with van der Waals surface area (Å²) in [6.45, 7) is 0.138. The summed E-state index contributed by atoms with van der Waals surface area (Å²) in [5.41, 5.74) is 2.01. The third-order valence-electron chi connectivity index (χ3n) is 5.66. The highest BCUT2D eigenvalue weighted by atomic mass is 16.5. The van der Waals surface area contributed by atoms with Crippen molar-refractivity contribution in [1.82, 2.24) is 10.2 Å². The van der Waals surface area contributed by atoms with Crippen LogP contribution in [0.1, 0.15) is 39.9 Å². The number of hydrogen-bond donors (Lipinski definition) is 1. The van der Waals surface area contributed by atoms with Gasteiger partial charge in [0.2, 0.25) is 0 Å². The Morgan fingerprint density at radius 3 is 2.59 bits per heavy atom. The van der Waals surface area contributed by atoms with Crippen LogP contribution < -0.4 is 10.1 Å². The van der Waals surface area contributed by atoms with Gasteiger partial charge < -0.3 is 14.8 Å². The van der Waals surface area contributed by atoms with Crippen LogP contribution in [0.3, 0.4) is 0 Å². The van der Waals surface area contributed by atoms with E-state index in [1.807, 2.05) is 18.2 Å². The van der Waals surface area contributed by atoms with Gasteiger partial charge >= 0.3 is 12.0 Å². The normalized spacial score (nSPS) is 20.4. The number of ether oxygens (including phenoxy) is 2. The molecule has 2 aromatic rings. The standard InChI is InChI=1S/C22H22N2O5/c1-28-17-9-10-18-16(12-17)4-3-11-22(18)20(26)24(21(27)23-22)13-14-5-7-15(8-6-14)19(25)29-2/h5-10,12H,3-4,11,13H2,1-2H3,(H,23,27). The van der Waals surface area contributed by atoms with Crippen molar-refractivity contribution in [3.8, 4) is 5.75 Å². The van der Waals surface area contributed by atoms with Crippen LogP contribution in [0.5, 0.6) is 5.75 Å². The summed E-state index contributed by atoms with van der Waals surface area (Å²) in [7, 11) is 2.93. The van der Waals surface area contributed by atoms with Crippen LogP contribution in [0.4, 0.5) is 4.79 Å². The topological polar surface area (TPSA) is 84.9 Å². The number of imide groups is 1. The van der Waals surface area contributed by atoms with E-state index >= 15 is 0 Å². The smallest absolute Gasteiger partial charge is 0.337 e. The number of esters is 1. The number of hydrogen-bond acceptors (Lipinski definition) is 5. The number of carbonyl (C=O) groups excluding carboxylic acids is 3. The number of methoxy groups -OCH3 is 2. The SMILES string of the molecule is COC(=O)c1ccc(CN2C(=O)NC3(CCCc4cc(OC)ccc43)C2=O)cc1. The van der Waals surface area contributed by atoms with Gasteiger partial charge in [0.25, 0.3) is 5.91 Å². The van der Waals surface area contributed by atoms with E-state index in [9.17, 15) is 14.4 Å². The molecule has 1 N–H and O–H groups in total. The lowest BCUT2D eigenvalue weighted by Gasteiger charge is -2.33. The van der Waals surface area contributed by atoms with Gasteiger partial charge in [0.1, 0.15) is 11.3 Å². The van der Waals surface area contributed by atoms with Crippen molar-refractivity contribution >= 4 is 17.9 Å². The van der Waals surface area contributed by atoms with Crippen molar-refractivity contribution in [3.63, 3.8) is 0 Å². The van der Waals surface area contributed by atoms with E-state index in [2.05, 4.69) is 5.32 Å². The molecule has 1 unspecified atom stereocenters. The molecule has 4 rings (SSSR count). The molecule has 29 heavy (non-hydrogen) atoms. The molecule has 1 atom stereocenters. The fourth-order valence-electron chi connectivity index (χ4n) is 4.17.